The Morgan fingerprint density at radius 1 is 1.16 bits per heavy atom. The molecule has 0 heterocycles. The number of methoxy groups -OCH3 is 2. The van der Waals surface area contributed by atoms with E-state index in [9.17, 15) is 0 Å². The van der Waals surface area contributed by atoms with Crippen LogP contribution in [0.25, 0.3) is 0 Å². The summed E-state index contributed by atoms with van der Waals surface area (Å²) in [5, 5.41) is 0. The number of benzene rings is 1. The predicted octanol–water partition coefficient (Wildman–Crippen LogP) is 2.52. The van der Waals surface area contributed by atoms with Crippen LogP contribution in [0.2, 0.25) is 0 Å². The van der Waals surface area contributed by atoms with Crippen LogP contribution in [0.4, 0.5) is 0 Å². The zero-order valence-electron chi connectivity index (χ0n) is 12.3. The van der Waals surface area contributed by atoms with Crippen LogP contribution in [0.1, 0.15) is 25.8 Å². The molecule has 2 unspecified atom stereocenters. The highest BCUT2D eigenvalue weighted by Crippen LogP contribution is 2.46. The van der Waals surface area contributed by atoms with Crippen molar-refractivity contribution in [2.45, 2.75) is 39.3 Å². The van der Waals surface area contributed by atoms with Crippen molar-refractivity contribution in [3.05, 3.63) is 17.7 Å². The highest BCUT2D eigenvalue weighted by atomic mass is 16.5. The van der Waals surface area contributed by atoms with E-state index in [-0.39, 0.29) is 17.6 Å². The number of ether oxygens (including phenoxy) is 3. The number of rotatable bonds is 4. The van der Waals surface area contributed by atoms with Crippen molar-refractivity contribution in [2.24, 2.45) is 11.1 Å². The normalized spacial score (nSPS) is 24.5. The molecule has 1 aliphatic rings. The van der Waals surface area contributed by atoms with Crippen molar-refractivity contribution >= 4 is 0 Å². The highest BCUT2D eigenvalue weighted by Gasteiger charge is 2.48. The third kappa shape index (κ3) is 2.37. The Morgan fingerprint density at radius 2 is 1.68 bits per heavy atom. The second-order valence-corrected chi connectivity index (χ2v) is 5.77. The number of hydrogen-bond donors (Lipinski definition) is 1. The maximum Gasteiger partial charge on any atom is 0.203 e. The van der Waals surface area contributed by atoms with Gasteiger partial charge in [0.25, 0.3) is 0 Å². The largest absolute Gasteiger partial charge is 0.493 e. The molecule has 0 spiro atoms. The van der Waals surface area contributed by atoms with Crippen LogP contribution in [-0.4, -0.2) is 26.4 Å². The summed E-state index contributed by atoms with van der Waals surface area (Å²) in [4.78, 5) is 0. The minimum absolute atomic E-state index is 0.0269. The molecule has 4 heteroatoms. The van der Waals surface area contributed by atoms with Crippen LogP contribution in [0.15, 0.2) is 12.1 Å². The van der Waals surface area contributed by atoms with Gasteiger partial charge in [-0.1, -0.05) is 13.8 Å². The molecule has 106 valence electrons. The lowest BCUT2D eigenvalue weighted by Crippen LogP contribution is -2.60. The zero-order chi connectivity index (χ0) is 14.2. The van der Waals surface area contributed by atoms with E-state index < -0.39 is 0 Å². The molecule has 0 amide bonds. The van der Waals surface area contributed by atoms with E-state index in [2.05, 4.69) is 13.8 Å². The first-order valence-corrected chi connectivity index (χ1v) is 6.55. The molecule has 1 aromatic carbocycles. The molecule has 0 radical (unpaired) electrons. The molecular weight excluding hydrogens is 242 g/mol. The maximum absolute atomic E-state index is 6.11. The summed E-state index contributed by atoms with van der Waals surface area (Å²) in [7, 11) is 3.28. The third-order valence-corrected chi connectivity index (χ3v) is 4.12. The fourth-order valence-electron chi connectivity index (χ4n) is 2.39. The highest BCUT2D eigenvalue weighted by molar-refractivity contribution is 5.53. The Morgan fingerprint density at radius 3 is 2.05 bits per heavy atom. The van der Waals surface area contributed by atoms with Gasteiger partial charge in [-0.2, -0.15) is 0 Å². The molecule has 1 aliphatic carbocycles. The van der Waals surface area contributed by atoms with Gasteiger partial charge in [0.15, 0.2) is 11.5 Å². The van der Waals surface area contributed by atoms with Gasteiger partial charge in [0, 0.05) is 17.9 Å². The molecule has 2 N–H and O–H groups in total. The van der Waals surface area contributed by atoms with Crippen molar-refractivity contribution in [1.82, 2.24) is 0 Å². The van der Waals surface area contributed by atoms with Gasteiger partial charge in [-0.3, -0.25) is 0 Å². The van der Waals surface area contributed by atoms with E-state index in [0.717, 1.165) is 12.0 Å². The van der Waals surface area contributed by atoms with E-state index >= 15 is 0 Å². The van der Waals surface area contributed by atoms with E-state index in [4.69, 9.17) is 19.9 Å². The monoisotopic (exact) mass is 265 g/mol. The molecule has 4 nitrogen and oxygen atoms in total. The van der Waals surface area contributed by atoms with Gasteiger partial charge in [0.1, 0.15) is 6.10 Å². The average Bonchev–Trinajstić information content (AvgIpc) is 2.39. The Kier molecular flexibility index (Phi) is 3.63. The number of aryl methyl sites for hydroxylation is 1. The van der Waals surface area contributed by atoms with Gasteiger partial charge in [0.05, 0.1) is 14.2 Å². The summed E-state index contributed by atoms with van der Waals surface area (Å²) in [6, 6.07) is 4.08. The summed E-state index contributed by atoms with van der Waals surface area (Å²) in [5.41, 5.74) is 7.07. The molecule has 2 rings (SSSR count). The SMILES string of the molecule is COc1cc(C)cc(OC)c1OC1CC(N)C1(C)C. The van der Waals surface area contributed by atoms with Crippen LogP contribution < -0.4 is 19.9 Å². The first-order valence-electron chi connectivity index (χ1n) is 6.55. The van der Waals surface area contributed by atoms with Crippen LogP contribution in [0, 0.1) is 12.3 Å². The summed E-state index contributed by atoms with van der Waals surface area (Å²) < 4.78 is 16.9. The molecule has 1 saturated carbocycles. The average molecular weight is 265 g/mol. The lowest BCUT2D eigenvalue weighted by atomic mass is 9.65. The second-order valence-electron chi connectivity index (χ2n) is 5.77. The summed E-state index contributed by atoms with van der Waals surface area (Å²) in [6.45, 7) is 6.25. The van der Waals surface area contributed by atoms with Gasteiger partial charge >= 0.3 is 0 Å². The molecular formula is C15H23NO3. The Bertz CT molecular complexity index is 445. The van der Waals surface area contributed by atoms with Crippen molar-refractivity contribution in [2.75, 3.05) is 14.2 Å². The topological polar surface area (TPSA) is 53.7 Å². The lowest BCUT2D eigenvalue weighted by molar-refractivity contribution is -0.0422. The van der Waals surface area contributed by atoms with Crippen LogP contribution in [-0.2, 0) is 0 Å². The van der Waals surface area contributed by atoms with Gasteiger partial charge in [-0.15, -0.1) is 0 Å². The number of hydrogen-bond acceptors (Lipinski definition) is 4. The van der Waals surface area contributed by atoms with E-state index in [0.29, 0.717) is 17.2 Å². The van der Waals surface area contributed by atoms with Crippen LogP contribution in [0.3, 0.4) is 0 Å². The maximum atomic E-state index is 6.11. The first kappa shape index (κ1) is 14.0. The summed E-state index contributed by atoms with van der Waals surface area (Å²) >= 11 is 0. The second kappa shape index (κ2) is 4.93. The summed E-state index contributed by atoms with van der Waals surface area (Å²) in [5.74, 6) is 2.07. The van der Waals surface area contributed by atoms with Gasteiger partial charge in [0.2, 0.25) is 5.75 Å². The fourth-order valence-corrected chi connectivity index (χ4v) is 2.39. The van der Waals surface area contributed by atoms with E-state index in [1.807, 2.05) is 19.1 Å². The van der Waals surface area contributed by atoms with Crippen LogP contribution in [0.5, 0.6) is 17.2 Å². The minimum atomic E-state index is -0.0269. The van der Waals surface area contributed by atoms with E-state index in [1.54, 1.807) is 14.2 Å². The van der Waals surface area contributed by atoms with Gasteiger partial charge in [-0.05, 0) is 24.6 Å². The molecule has 1 fully saturated rings. The van der Waals surface area contributed by atoms with Crippen molar-refractivity contribution in [3.8, 4) is 17.2 Å². The zero-order valence-corrected chi connectivity index (χ0v) is 12.3. The number of nitrogens with two attached hydrogens (primary N) is 1. The Hall–Kier alpha value is -1.42. The standard InChI is InChI=1S/C15H23NO3/c1-9-6-10(17-4)14(11(7-9)18-5)19-13-8-12(16)15(13,2)3/h6-7,12-13H,8,16H2,1-5H3. The minimum Gasteiger partial charge on any atom is -0.493 e. The Balaban J connectivity index is 2.29. The van der Waals surface area contributed by atoms with E-state index in [1.165, 1.54) is 0 Å². The van der Waals surface area contributed by atoms with Crippen molar-refractivity contribution < 1.29 is 14.2 Å². The Labute approximate surface area is 114 Å². The predicted molar refractivity (Wildman–Crippen MR) is 75.1 cm³/mol. The molecule has 1 aromatic rings. The molecule has 2 atom stereocenters. The summed E-state index contributed by atoms with van der Waals surface area (Å²) in [6.07, 6.45) is 0.945. The quantitative estimate of drug-likeness (QED) is 0.909. The molecule has 0 saturated heterocycles. The van der Waals surface area contributed by atoms with Gasteiger partial charge < -0.3 is 19.9 Å². The first-order chi connectivity index (χ1) is 8.90. The fraction of sp³-hybridized carbons (Fsp3) is 0.600. The van der Waals surface area contributed by atoms with Gasteiger partial charge in [-0.25, -0.2) is 0 Å². The lowest BCUT2D eigenvalue weighted by Gasteiger charge is -2.49. The van der Waals surface area contributed by atoms with Crippen molar-refractivity contribution in [1.29, 1.82) is 0 Å². The van der Waals surface area contributed by atoms with Crippen LogP contribution >= 0.6 is 0 Å². The van der Waals surface area contributed by atoms with Crippen molar-refractivity contribution in [3.63, 3.8) is 0 Å². The third-order valence-electron chi connectivity index (χ3n) is 4.12. The molecule has 19 heavy (non-hydrogen) atoms. The molecule has 0 aromatic heterocycles. The molecule has 0 bridgehead atoms. The molecule has 0 aliphatic heterocycles. The smallest absolute Gasteiger partial charge is 0.203 e.